The molecule has 0 radical (unpaired) electrons. The summed E-state index contributed by atoms with van der Waals surface area (Å²) >= 11 is 12.5. The number of carbonyl (C=O) groups is 1. The smallest absolute Gasteiger partial charge is 0.226 e. The number of benzene rings is 3. The first-order valence-electron chi connectivity index (χ1n) is 13.6. The van der Waals surface area contributed by atoms with Gasteiger partial charge >= 0.3 is 0 Å². The molecule has 1 aliphatic heterocycles. The zero-order valence-corrected chi connectivity index (χ0v) is 24.4. The third-order valence-electron chi connectivity index (χ3n) is 7.72. The zero-order chi connectivity index (χ0) is 28.5. The van der Waals surface area contributed by atoms with Crippen molar-refractivity contribution in [2.45, 2.75) is 32.4 Å². The van der Waals surface area contributed by atoms with Gasteiger partial charge in [0.25, 0.3) is 0 Å². The van der Waals surface area contributed by atoms with Gasteiger partial charge in [-0.2, -0.15) is 0 Å². The SMILES string of the molecule is Cc1cc([C@@H]2[C@H](c3ccccn3)NC(=S)N2CCC(=O)Nc2cccc3ccccc23)c(C)n1-c1ccccc1Cl. The van der Waals surface area contributed by atoms with E-state index in [0.29, 0.717) is 16.7 Å². The van der Waals surface area contributed by atoms with E-state index in [1.54, 1.807) is 6.20 Å². The van der Waals surface area contributed by atoms with Crippen LogP contribution in [0.25, 0.3) is 16.5 Å². The molecule has 0 spiro atoms. The van der Waals surface area contributed by atoms with Gasteiger partial charge in [0.2, 0.25) is 5.91 Å². The Labute approximate surface area is 250 Å². The van der Waals surface area contributed by atoms with Crippen LogP contribution in [0.4, 0.5) is 5.69 Å². The van der Waals surface area contributed by atoms with Crippen molar-refractivity contribution in [2.75, 3.05) is 11.9 Å². The van der Waals surface area contributed by atoms with Gasteiger partial charge in [-0.1, -0.05) is 66.2 Å². The number of amides is 1. The van der Waals surface area contributed by atoms with Gasteiger partial charge in [0.1, 0.15) is 0 Å². The molecule has 6 nitrogen and oxygen atoms in total. The van der Waals surface area contributed by atoms with E-state index in [0.717, 1.165) is 44.8 Å². The maximum absolute atomic E-state index is 13.2. The van der Waals surface area contributed by atoms with Crippen LogP contribution in [0.1, 0.15) is 41.1 Å². The van der Waals surface area contributed by atoms with Crippen molar-refractivity contribution in [3.8, 4) is 5.69 Å². The highest BCUT2D eigenvalue weighted by molar-refractivity contribution is 7.80. The minimum atomic E-state index is -0.176. The molecule has 3 heterocycles. The van der Waals surface area contributed by atoms with E-state index >= 15 is 0 Å². The molecule has 41 heavy (non-hydrogen) atoms. The molecule has 0 aliphatic carbocycles. The normalized spacial score (nSPS) is 16.7. The number of carbonyl (C=O) groups excluding carboxylic acids is 1. The highest BCUT2D eigenvalue weighted by atomic mass is 35.5. The highest BCUT2D eigenvalue weighted by Crippen LogP contribution is 2.42. The van der Waals surface area contributed by atoms with Crippen molar-refractivity contribution in [3.63, 3.8) is 0 Å². The van der Waals surface area contributed by atoms with E-state index in [1.165, 1.54) is 0 Å². The maximum atomic E-state index is 13.2. The Kier molecular flexibility index (Phi) is 7.47. The zero-order valence-electron chi connectivity index (χ0n) is 22.8. The Morgan fingerprint density at radius 1 is 1.00 bits per heavy atom. The second-order valence-corrected chi connectivity index (χ2v) is 11.1. The lowest BCUT2D eigenvalue weighted by Gasteiger charge is -2.28. The molecule has 2 aromatic heterocycles. The third-order valence-corrected chi connectivity index (χ3v) is 8.40. The molecular formula is C33H30ClN5OS. The van der Waals surface area contributed by atoms with Gasteiger partial charge in [-0.15, -0.1) is 0 Å². The van der Waals surface area contributed by atoms with Crippen LogP contribution in [0.5, 0.6) is 0 Å². The van der Waals surface area contributed by atoms with Crippen molar-refractivity contribution >= 4 is 51.3 Å². The number of hydrogen-bond acceptors (Lipinski definition) is 3. The molecule has 2 atom stereocenters. The number of aromatic nitrogens is 2. The summed E-state index contributed by atoms with van der Waals surface area (Å²) < 4.78 is 2.18. The predicted molar refractivity (Wildman–Crippen MR) is 170 cm³/mol. The fourth-order valence-corrected chi connectivity index (χ4v) is 6.40. The Hall–Kier alpha value is -4.20. The van der Waals surface area contributed by atoms with Gasteiger partial charge in [0.15, 0.2) is 5.11 Å². The largest absolute Gasteiger partial charge is 0.352 e. The average Bonchev–Trinajstić information content (AvgIpc) is 3.47. The van der Waals surface area contributed by atoms with E-state index in [4.69, 9.17) is 23.8 Å². The summed E-state index contributed by atoms with van der Waals surface area (Å²) in [5.41, 5.74) is 5.88. The molecule has 1 aliphatic rings. The number of aryl methyl sites for hydroxylation is 1. The van der Waals surface area contributed by atoms with Gasteiger partial charge in [-0.3, -0.25) is 9.78 Å². The summed E-state index contributed by atoms with van der Waals surface area (Å²) in [4.78, 5) is 20.0. The van der Waals surface area contributed by atoms with Crippen molar-refractivity contribution in [3.05, 3.63) is 125 Å². The number of hydrogen-bond donors (Lipinski definition) is 2. The summed E-state index contributed by atoms with van der Waals surface area (Å²) in [6.07, 6.45) is 2.07. The molecule has 0 saturated carbocycles. The van der Waals surface area contributed by atoms with Crippen LogP contribution in [0, 0.1) is 13.8 Å². The van der Waals surface area contributed by atoms with E-state index < -0.39 is 0 Å². The van der Waals surface area contributed by atoms with Gasteiger partial charge in [-0.25, -0.2) is 0 Å². The standard InChI is InChI=1S/C33H30ClN5OS/c1-21-20-25(22(2)39(21)29-16-6-5-13-26(29)34)32-31(28-14-7-8-18-35-28)37-33(41)38(32)19-17-30(40)36-27-15-9-11-23-10-3-4-12-24(23)27/h3-16,18,20,31-32H,17,19H2,1-2H3,(H,36,40)(H,37,41)/t31-,32+/m0/s1. The van der Waals surface area contributed by atoms with E-state index in [2.05, 4.69) is 45.0 Å². The Morgan fingerprint density at radius 3 is 2.56 bits per heavy atom. The first kappa shape index (κ1) is 27.0. The van der Waals surface area contributed by atoms with Gasteiger partial charge < -0.3 is 20.1 Å². The average molecular weight is 580 g/mol. The van der Waals surface area contributed by atoms with Crippen molar-refractivity contribution in [2.24, 2.45) is 0 Å². The van der Waals surface area contributed by atoms with E-state index in [-0.39, 0.29) is 24.4 Å². The molecular weight excluding hydrogens is 550 g/mol. The van der Waals surface area contributed by atoms with Crippen LogP contribution in [0.2, 0.25) is 5.02 Å². The van der Waals surface area contributed by atoms with Crippen LogP contribution in [-0.2, 0) is 4.79 Å². The molecule has 0 bridgehead atoms. The topological polar surface area (TPSA) is 62.2 Å². The van der Waals surface area contributed by atoms with E-state index in [1.807, 2.05) is 84.9 Å². The second kappa shape index (κ2) is 11.4. The molecule has 6 rings (SSSR count). The molecule has 1 saturated heterocycles. The first-order chi connectivity index (χ1) is 19.9. The molecule has 8 heteroatoms. The minimum Gasteiger partial charge on any atom is -0.352 e. The first-order valence-corrected chi connectivity index (χ1v) is 14.4. The Morgan fingerprint density at radius 2 is 1.76 bits per heavy atom. The molecule has 2 N–H and O–H groups in total. The number of anilines is 1. The fraction of sp³-hybridized carbons (Fsp3) is 0.182. The van der Waals surface area contributed by atoms with Crippen LogP contribution in [0.3, 0.4) is 0 Å². The number of rotatable bonds is 7. The molecule has 5 aromatic rings. The fourth-order valence-electron chi connectivity index (χ4n) is 5.84. The number of halogens is 1. The van der Waals surface area contributed by atoms with Crippen molar-refractivity contribution in [1.82, 2.24) is 19.8 Å². The summed E-state index contributed by atoms with van der Waals surface area (Å²) in [5.74, 6) is -0.0641. The van der Waals surface area contributed by atoms with Crippen LogP contribution >= 0.6 is 23.8 Å². The summed E-state index contributed by atoms with van der Waals surface area (Å²) in [7, 11) is 0. The number of fused-ring (bicyclic) bond motifs is 1. The summed E-state index contributed by atoms with van der Waals surface area (Å²) in [6.45, 7) is 4.64. The Bertz CT molecular complexity index is 1750. The van der Waals surface area contributed by atoms with Crippen LogP contribution < -0.4 is 10.6 Å². The van der Waals surface area contributed by atoms with Crippen molar-refractivity contribution < 1.29 is 4.79 Å². The number of nitrogens with one attached hydrogen (secondary N) is 2. The number of nitrogens with zero attached hydrogens (tertiary/aromatic N) is 3. The molecule has 1 fully saturated rings. The highest BCUT2D eigenvalue weighted by Gasteiger charge is 2.41. The monoisotopic (exact) mass is 579 g/mol. The lowest BCUT2D eigenvalue weighted by atomic mass is 9.96. The van der Waals surface area contributed by atoms with E-state index in [9.17, 15) is 4.79 Å². The third kappa shape index (κ3) is 5.19. The number of pyridine rings is 1. The van der Waals surface area contributed by atoms with Crippen LogP contribution in [0.15, 0.2) is 97.2 Å². The van der Waals surface area contributed by atoms with Gasteiger partial charge in [-0.05, 0) is 73.4 Å². The number of thiocarbonyl (C=S) groups is 1. The molecule has 206 valence electrons. The quantitative estimate of drug-likeness (QED) is 0.198. The summed E-state index contributed by atoms with van der Waals surface area (Å²) in [6, 6.07) is 29.6. The number of para-hydroxylation sites is 1. The lowest BCUT2D eigenvalue weighted by molar-refractivity contribution is -0.116. The molecule has 3 aromatic carbocycles. The van der Waals surface area contributed by atoms with Gasteiger partial charge in [0, 0.05) is 41.6 Å². The van der Waals surface area contributed by atoms with Crippen LogP contribution in [-0.4, -0.2) is 32.0 Å². The Balaban J connectivity index is 1.32. The van der Waals surface area contributed by atoms with Gasteiger partial charge in [0.05, 0.1) is 28.5 Å². The molecule has 1 amide bonds. The molecule has 0 unspecified atom stereocenters. The predicted octanol–water partition coefficient (Wildman–Crippen LogP) is 7.30. The second-order valence-electron chi connectivity index (χ2n) is 10.3. The summed E-state index contributed by atoms with van der Waals surface area (Å²) in [5, 5.41) is 10.0. The maximum Gasteiger partial charge on any atom is 0.226 e. The minimum absolute atomic E-state index is 0.0641. The van der Waals surface area contributed by atoms with Crippen molar-refractivity contribution in [1.29, 1.82) is 0 Å². The lowest BCUT2D eigenvalue weighted by Crippen LogP contribution is -2.33.